The van der Waals surface area contributed by atoms with Crippen molar-refractivity contribution in [1.29, 1.82) is 0 Å². The molecule has 28 heavy (non-hydrogen) atoms. The van der Waals surface area contributed by atoms with Crippen molar-refractivity contribution >= 4 is 11.8 Å². The van der Waals surface area contributed by atoms with Crippen molar-refractivity contribution in [2.24, 2.45) is 5.92 Å². The van der Waals surface area contributed by atoms with E-state index in [-0.39, 0.29) is 23.3 Å². The Morgan fingerprint density at radius 3 is 2.43 bits per heavy atom. The smallest absolute Gasteiger partial charge is 0.276 e. The van der Waals surface area contributed by atoms with Crippen LogP contribution in [0.25, 0.3) is 0 Å². The van der Waals surface area contributed by atoms with Gasteiger partial charge in [-0.2, -0.15) is 0 Å². The molecule has 1 aromatic rings. The van der Waals surface area contributed by atoms with Gasteiger partial charge in [-0.1, -0.05) is 0 Å². The first-order chi connectivity index (χ1) is 13.6. The molecule has 0 radical (unpaired) electrons. The van der Waals surface area contributed by atoms with Gasteiger partial charge in [-0.3, -0.25) is 14.5 Å². The summed E-state index contributed by atoms with van der Waals surface area (Å²) in [7, 11) is 0. The van der Waals surface area contributed by atoms with Gasteiger partial charge in [0.2, 0.25) is 5.91 Å². The van der Waals surface area contributed by atoms with Crippen LogP contribution in [0.1, 0.15) is 49.0 Å². The third-order valence-electron chi connectivity index (χ3n) is 6.48. The molecule has 0 aromatic carbocycles. The van der Waals surface area contributed by atoms with Gasteiger partial charge >= 0.3 is 0 Å². The van der Waals surface area contributed by atoms with Gasteiger partial charge in [-0.25, -0.2) is 4.98 Å². The van der Waals surface area contributed by atoms with E-state index in [1.165, 1.54) is 12.3 Å². The zero-order valence-corrected chi connectivity index (χ0v) is 16.4. The number of nitrogens with zero attached hydrogens (tertiary/aromatic N) is 4. The highest BCUT2D eigenvalue weighted by Gasteiger charge is 2.35. The fraction of sp³-hybridized carbons (Fsp3) is 0.667. The molecule has 3 aliphatic heterocycles. The van der Waals surface area contributed by atoms with Gasteiger partial charge in [-0.15, -0.1) is 0 Å². The summed E-state index contributed by atoms with van der Waals surface area (Å²) in [5.74, 6) is 0.226. The largest absolute Gasteiger partial charge is 0.505 e. The number of carbonyl (C=O) groups excluding carboxylic acids is 2. The van der Waals surface area contributed by atoms with Gasteiger partial charge in [0.15, 0.2) is 5.69 Å². The minimum absolute atomic E-state index is 0.0612. The van der Waals surface area contributed by atoms with Crippen molar-refractivity contribution < 1.29 is 14.7 Å². The molecule has 0 saturated carbocycles. The standard InChI is InChI=1S/C21H30N4O3/c26-18-6-3-9-22-19(18)21(28)24-13-7-17(8-14-24)25-12-4-5-16(15-25)20(27)23-10-1-2-11-23/h3,6,9,16-17,26H,1-2,4-5,7-8,10-15H2. The normalized spacial score (nSPS) is 24.5. The minimum atomic E-state index is -0.197. The number of hydrogen-bond acceptors (Lipinski definition) is 5. The molecule has 7 nitrogen and oxygen atoms in total. The van der Waals surface area contributed by atoms with Crippen molar-refractivity contribution in [1.82, 2.24) is 19.7 Å². The molecule has 3 saturated heterocycles. The van der Waals surface area contributed by atoms with E-state index in [0.29, 0.717) is 25.0 Å². The Morgan fingerprint density at radius 2 is 1.71 bits per heavy atom. The highest BCUT2D eigenvalue weighted by Crippen LogP contribution is 2.27. The predicted octanol–water partition coefficient (Wildman–Crippen LogP) is 1.73. The molecule has 2 amide bonds. The number of amides is 2. The molecule has 3 aliphatic rings. The molecule has 152 valence electrons. The van der Waals surface area contributed by atoms with Crippen molar-refractivity contribution in [3.05, 3.63) is 24.0 Å². The predicted molar refractivity (Wildman–Crippen MR) is 105 cm³/mol. The Labute approximate surface area is 166 Å². The van der Waals surface area contributed by atoms with E-state index in [9.17, 15) is 14.7 Å². The van der Waals surface area contributed by atoms with E-state index in [0.717, 1.165) is 64.7 Å². The highest BCUT2D eigenvalue weighted by molar-refractivity contribution is 5.94. The van der Waals surface area contributed by atoms with Crippen LogP contribution in [0.5, 0.6) is 5.75 Å². The third-order valence-corrected chi connectivity index (χ3v) is 6.48. The molecular formula is C21H30N4O3. The Bertz CT molecular complexity index is 711. The first-order valence-electron chi connectivity index (χ1n) is 10.6. The summed E-state index contributed by atoms with van der Waals surface area (Å²) < 4.78 is 0. The van der Waals surface area contributed by atoms with E-state index in [1.807, 2.05) is 0 Å². The van der Waals surface area contributed by atoms with Crippen LogP contribution < -0.4 is 0 Å². The number of aromatic nitrogens is 1. The van der Waals surface area contributed by atoms with Crippen LogP contribution >= 0.6 is 0 Å². The lowest BCUT2D eigenvalue weighted by Crippen LogP contribution is -2.51. The van der Waals surface area contributed by atoms with Crippen LogP contribution in [0.4, 0.5) is 0 Å². The first kappa shape index (κ1) is 19.2. The highest BCUT2D eigenvalue weighted by atomic mass is 16.3. The molecule has 0 spiro atoms. The second kappa shape index (κ2) is 8.47. The van der Waals surface area contributed by atoms with Crippen LogP contribution in [0.15, 0.2) is 18.3 Å². The Kier molecular flexibility index (Phi) is 5.80. The number of aromatic hydroxyl groups is 1. The van der Waals surface area contributed by atoms with E-state index in [4.69, 9.17) is 0 Å². The van der Waals surface area contributed by atoms with Crippen LogP contribution in [0.3, 0.4) is 0 Å². The fourth-order valence-electron chi connectivity index (χ4n) is 4.88. The van der Waals surface area contributed by atoms with Crippen molar-refractivity contribution in [3.63, 3.8) is 0 Å². The quantitative estimate of drug-likeness (QED) is 0.856. The number of likely N-dealkylation sites (tertiary alicyclic amines) is 3. The van der Waals surface area contributed by atoms with Gasteiger partial charge in [-0.05, 0) is 57.2 Å². The summed E-state index contributed by atoms with van der Waals surface area (Å²) in [6.07, 6.45) is 7.70. The Morgan fingerprint density at radius 1 is 0.964 bits per heavy atom. The summed E-state index contributed by atoms with van der Waals surface area (Å²) in [6.45, 7) is 5.09. The average molecular weight is 386 g/mol. The summed E-state index contributed by atoms with van der Waals surface area (Å²) in [4.78, 5) is 35.8. The summed E-state index contributed by atoms with van der Waals surface area (Å²) in [5, 5.41) is 9.88. The molecular weight excluding hydrogens is 356 g/mol. The third kappa shape index (κ3) is 3.99. The van der Waals surface area contributed by atoms with Gasteiger partial charge < -0.3 is 14.9 Å². The maximum atomic E-state index is 12.8. The minimum Gasteiger partial charge on any atom is -0.505 e. The van der Waals surface area contributed by atoms with E-state index in [2.05, 4.69) is 14.8 Å². The van der Waals surface area contributed by atoms with Gasteiger partial charge in [0, 0.05) is 45.0 Å². The van der Waals surface area contributed by atoms with E-state index >= 15 is 0 Å². The zero-order chi connectivity index (χ0) is 19.5. The molecule has 1 aromatic heterocycles. The van der Waals surface area contributed by atoms with Crippen LogP contribution in [-0.4, -0.2) is 81.9 Å². The van der Waals surface area contributed by atoms with Gasteiger partial charge in [0.05, 0.1) is 5.92 Å². The summed E-state index contributed by atoms with van der Waals surface area (Å²) >= 11 is 0. The van der Waals surface area contributed by atoms with Crippen molar-refractivity contribution in [3.8, 4) is 5.75 Å². The molecule has 1 unspecified atom stereocenters. The second-order valence-electron chi connectivity index (χ2n) is 8.26. The average Bonchev–Trinajstić information content (AvgIpc) is 3.28. The van der Waals surface area contributed by atoms with Crippen LogP contribution in [-0.2, 0) is 4.79 Å². The van der Waals surface area contributed by atoms with Crippen LogP contribution in [0.2, 0.25) is 0 Å². The SMILES string of the molecule is O=C(c1ncccc1O)N1CCC(N2CCCC(C(=O)N3CCCC3)C2)CC1. The maximum absolute atomic E-state index is 12.8. The molecule has 3 fully saturated rings. The number of hydrogen-bond donors (Lipinski definition) is 1. The van der Waals surface area contributed by atoms with E-state index < -0.39 is 0 Å². The molecule has 1 N–H and O–H groups in total. The second-order valence-corrected chi connectivity index (χ2v) is 8.26. The van der Waals surface area contributed by atoms with Crippen LogP contribution in [0, 0.1) is 5.92 Å². The summed E-state index contributed by atoms with van der Waals surface area (Å²) in [6, 6.07) is 3.54. The molecule has 0 aliphatic carbocycles. The van der Waals surface area contributed by atoms with Gasteiger partial charge in [0.1, 0.15) is 5.75 Å². The maximum Gasteiger partial charge on any atom is 0.276 e. The molecule has 1 atom stereocenters. The lowest BCUT2D eigenvalue weighted by molar-refractivity contribution is -0.136. The lowest BCUT2D eigenvalue weighted by Gasteiger charge is -2.42. The molecule has 4 rings (SSSR count). The topological polar surface area (TPSA) is 77.0 Å². The fourth-order valence-corrected chi connectivity index (χ4v) is 4.88. The monoisotopic (exact) mass is 386 g/mol. The number of pyridine rings is 1. The lowest BCUT2D eigenvalue weighted by atomic mass is 9.93. The molecule has 7 heteroatoms. The first-order valence-corrected chi connectivity index (χ1v) is 10.6. The number of rotatable bonds is 3. The van der Waals surface area contributed by atoms with Crippen molar-refractivity contribution in [2.75, 3.05) is 39.3 Å². The zero-order valence-electron chi connectivity index (χ0n) is 16.4. The summed E-state index contributed by atoms with van der Waals surface area (Å²) in [5.41, 5.74) is 0.134. The Balaban J connectivity index is 1.31. The molecule has 0 bridgehead atoms. The molecule has 4 heterocycles. The van der Waals surface area contributed by atoms with Gasteiger partial charge in [0.25, 0.3) is 5.91 Å². The number of carbonyl (C=O) groups is 2. The Hall–Kier alpha value is -2.15. The van der Waals surface area contributed by atoms with Crippen molar-refractivity contribution in [2.45, 2.75) is 44.6 Å². The number of piperidine rings is 2. The van der Waals surface area contributed by atoms with E-state index in [1.54, 1.807) is 11.0 Å².